The van der Waals surface area contributed by atoms with Gasteiger partial charge in [-0.25, -0.2) is 9.46 Å². The van der Waals surface area contributed by atoms with Crippen LogP contribution >= 0.6 is 8.53 Å². The molecular weight excluding hydrogens is 461 g/mol. The van der Waals surface area contributed by atoms with Crippen molar-refractivity contribution in [2.45, 2.75) is 110 Å². The van der Waals surface area contributed by atoms with Crippen LogP contribution in [0.2, 0.25) is 0 Å². The standard InChI is InChI=1S/C23H38N3O7P/c1-18(2)26(19(3)4)34(31-17-11-16-24)33-23(30)13-10-8-6-5-7-9-12-22(29)32-25-20(27)14-15-21(25)28/h18-19H,5-15,17H2,1-4H3. The summed E-state index contributed by atoms with van der Waals surface area (Å²) in [6.07, 6.45) is 5.69. The first-order valence-electron chi connectivity index (χ1n) is 12.0. The van der Waals surface area contributed by atoms with Gasteiger partial charge in [-0.2, -0.15) is 5.26 Å². The van der Waals surface area contributed by atoms with E-state index in [1.54, 1.807) is 0 Å². The molecule has 1 fully saturated rings. The summed E-state index contributed by atoms with van der Waals surface area (Å²) < 4.78 is 13.4. The number of hydrogen-bond donors (Lipinski definition) is 0. The Balaban J connectivity index is 2.21. The van der Waals surface area contributed by atoms with Crippen LogP contribution < -0.4 is 0 Å². The van der Waals surface area contributed by atoms with Crippen molar-refractivity contribution in [3.63, 3.8) is 0 Å². The molecule has 1 heterocycles. The van der Waals surface area contributed by atoms with Gasteiger partial charge in [-0.05, 0) is 40.5 Å². The number of imide groups is 1. The summed E-state index contributed by atoms with van der Waals surface area (Å²) in [5.74, 6) is -1.82. The molecule has 0 aromatic heterocycles. The van der Waals surface area contributed by atoms with Crippen molar-refractivity contribution in [2.24, 2.45) is 0 Å². The van der Waals surface area contributed by atoms with Gasteiger partial charge in [-0.1, -0.05) is 25.7 Å². The lowest BCUT2D eigenvalue weighted by Crippen LogP contribution is -2.34. The number of rotatable bonds is 17. The largest absolute Gasteiger partial charge is 0.404 e. The van der Waals surface area contributed by atoms with Gasteiger partial charge in [0, 0.05) is 37.8 Å². The lowest BCUT2D eigenvalue weighted by molar-refractivity contribution is -0.197. The predicted molar refractivity (Wildman–Crippen MR) is 125 cm³/mol. The molecule has 0 spiro atoms. The third kappa shape index (κ3) is 11.4. The summed E-state index contributed by atoms with van der Waals surface area (Å²) in [5.41, 5.74) is 0. The Morgan fingerprint density at radius 2 is 1.44 bits per heavy atom. The van der Waals surface area contributed by atoms with Crippen LogP contribution in [0, 0.1) is 11.3 Å². The van der Waals surface area contributed by atoms with E-state index < -0.39 is 26.3 Å². The van der Waals surface area contributed by atoms with Crippen LogP contribution in [0.3, 0.4) is 0 Å². The second kappa shape index (κ2) is 16.5. The van der Waals surface area contributed by atoms with E-state index in [9.17, 15) is 19.2 Å². The van der Waals surface area contributed by atoms with Crippen molar-refractivity contribution in [1.82, 2.24) is 9.73 Å². The SMILES string of the molecule is CC(C)N(C(C)C)P(OCCC#N)OC(=O)CCCCCCCCC(=O)ON1C(=O)CCC1=O. The Bertz CT molecular complexity index is 700. The first kappa shape index (κ1) is 30.0. The van der Waals surface area contributed by atoms with E-state index in [0.29, 0.717) is 24.3 Å². The normalized spacial score (nSPS) is 14.7. The quantitative estimate of drug-likeness (QED) is 0.161. The minimum Gasteiger partial charge on any atom is -0.404 e. The minimum absolute atomic E-state index is 0.0866. The number of unbranched alkanes of at least 4 members (excludes halogenated alkanes) is 5. The topological polar surface area (TPSA) is 126 Å². The summed E-state index contributed by atoms with van der Waals surface area (Å²) in [7, 11) is -1.56. The molecule has 0 aliphatic carbocycles. The van der Waals surface area contributed by atoms with Gasteiger partial charge in [0.05, 0.1) is 19.1 Å². The van der Waals surface area contributed by atoms with Crippen LogP contribution in [-0.4, -0.2) is 52.2 Å². The Labute approximate surface area is 203 Å². The van der Waals surface area contributed by atoms with Gasteiger partial charge >= 0.3 is 20.5 Å². The zero-order valence-corrected chi connectivity index (χ0v) is 21.7. The molecule has 192 valence electrons. The fourth-order valence-corrected chi connectivity index (χ4v) is 5.01. The highest BCUT2D eigenvalue weighted by molar-refractivity contribution is 7.45. The van der Waals surface area contributed by atoms with E-state index in [1.807, 2.05) is 38.4 Å². The maximum atomic E-state index is 12.4. The van der Waals surface area contributed by atoms with E-state index in [4.69, 9.17) is 19.1 Å². The number of nitrogens with zero attached hydrogens (tertiary/aromatic N) is 3. The average Bonchev–Trinajstić information content (AvgIpc) is 3.07. The fraction of sp³-hybridized carbons (Fsp3) is 0.783. The van der Waals surface area contributed by atoms with Crippen LogP contribution in [0.15, 0.2) is 0 Å². The first-order valence-corrected chi connectivity index (χ1v) is 13.2. The Hall–Kier alpha value is -2.08. The van der Waals surface area contributed by atoms with Crippen molar-refractivity contribution in [1.29, 1.82) is 5.26 Å². The molecule has 10 nitrogen and oxygen atoms in total. The highest BCUT2D eigenvalue weighted by atomic mass is 31.2. The number of nitriles is 1. The minimum atomic E-state index is -1.56. The molecule has 11 heteroatoms. The smallest absolute Gasteiger partial charge is 0.333 e. The van der Waals surface area contributed by atoms with Crippen LogP contribution in [0.25, 0.3) is 0 Å². The summed E-state index contributed by atoms with van der Waals surface area (Å²) in [4.78, 5) is 51.8. The monoisotopic (exact) mass is 499 g/mol. The van der Waals surface area contributed by atoms with Crippen molar-refractivity contribution in [3.05, 3.63) is 0 Å². The molecule has 34 heavy (non-hydrogen) atoms. The van der Waals surface area contributed by atoms with Crippen LogP contribution in [0.4, 0.5) is 0 Å². The summed E-state index contributed by atoms with van der Waals surface area (Å²) >= 11 is 0. The molecule has 0 aromatic rings. The van der Waals surface area contributed by atoms with Gasteiger partial charge < -0.3 is 13.9 Å². The van der Waals surface area contributed by atoms with Crippen molar-refractivity contribution in [2.75, 3.05) is 6.61 Å². The van der Waals surface area contributed by atoms with Crippen molar-refractivity contribution < 1.29 is 33.1 Å². The van der Waals surface area contributed by atoms with E-state index in [1.165, 1.54) is 0 Å². The maximum Gasteiger partial charge on any atom is 0.333 e. The molecule has 1 rings (SSSR count). The number of carbonyl (C=O) groups excluding carboxylic acids is 4. The van der Waals surface area contributed by atoms with Crippen LogP contribution in [0.5, 0.6) is 0 Å². The zero-order chi connectivity index (χ0) is 25.5. The fourth-order valence-electron chi connectivity index (χ4n) is 3.47. The Morgan fingerprint density at radius 3 is 1.94 bits per heavy atom. The summed E-state index contributed by atoms with van der Waals surface area (Å²) in [5, 5.41) is 9.32. The highest BCUT2D eigenvalue weighted by Gasteiger charge is 2.32. The molecule has 1 aliphatic heterocycles. The predicted octanol–water partition coefficient (Wildman–Crippen LogP) is 4.53. The second-order valence-corrected chi connectivity index (χ2v) is 10.1. The molecular formula is C23H38N3O7P. The third-order valence-corrected chi connectivity index (χ3v) is 7.12. The van der Waals surface area contributed by atoms with Gasteiger partial charge in [0.15, 0.2) is 0 Å². The van der Waals surface area contributed by atoms with Gasteiger partial charge in [0.2, 0.25) is 0 Å². The first-order chi connectivity index (χ1) is 16.2. The molecule has 1 saturated heterocycles. The van der Waals surface area contributed by atoms with Crippen molar-refractivity contribution in [3.8, 4) is 6.07 Å². The number of hydrogen-bond acceptors (Lipinski definition) is 9. The summed E-state index contributed by atoms with van der Waals surface area (Å²) in [6.45, 7) is 8.29. The lowest BCUT2D eigenvalue weighted by Gasteiger charge is -2.34. The molecule has 0 bridgehead atoms. The van der Waals surface area contributed by atoms with Gasteiger partial charge in [0.1, 0.15) is 0 Å². The maximum absolute atomic E-state index is 12.4. The van der Waals surface area contributed by atoms with Gasteiger partial charge in [0.25, 0.3) is 11.8 Å². The van der Waals surface area contributed by atoms with Crippen LogP contribution in [-0.2, 0) is 33.1 Å². The van der Waals surface area contributed by atoms with E-state index in [-0.39, 0.29) is 50.3 Å². The Morgan fingerprint density at radius 1 is 0.941 bits per heavy atom. The van der Waals surface area contributed by atoms with E-state index >= 15 is 0 Å². The molecule has 1 unspecified atom stereocenters. The number of amides is 2. The van der Waals surface area contributed by atoms with Gasteiger partial charge in [-0.3, -0.25) is 14.4 Å². The highest BCUT2D eigenvalue weighted by Crippen LogP contribution is 2.46. The molecule has 0 aromatic carbocycles. The van der Waals surface area contributed by atoms with Crippen LogP contribution in [0.1, 0.15) is 98.3 Å². The molecule has 1 aliphatic rings. The zero-order valence-electron chi connectivity index (χ0n) is 20.8. The third-order valence-electron chi connectivity index (χ3n) is 5.05. The molecule has 0 N–H and O–H groups in total. The lowest BCUT2D eigenvalue weighted by atomic mass is 10.1. The molecule has 1 atom stereocenters. The van der Waals surface area contributed by atoms with E-state index in [0.717, 1.165) is 25.7 Å². The average molecular weight is 500 g/mol. The molecule has 0 radical (unpaired) electrons. The van der Waals surface area contributed by atoms with Gasteiger partial charge in [-0.15, -0.1) is 5.06 Å². The molecule has 0 saturated carbocycles. The second-order valence-electron chi connectivity index (χ2n) is 8.68. The van der Waals surface area contributed by atoms with Crippen molar-refractivity contribution >= 4 is 32.3 Å². The van der Waals surface area contributed by atoms with E-state index in [2.05, 4.69) is 0 Å². The summed E-state index contributed by atoms with van der Waals surface area (Å²) in [6, 6.07) is 2.30. The number of hydroxylamine groups is 2. The number of carbonyl (C=O) groups is 4. The Kier molecular flexibility index (Phi) is 14.6. The molecule has 2 amide bonds.